The van der Waals surface area contributed by atoms with Crippen LogP contribution in [-0.2, 0) is 0 Å². The highest BCUT2D eigenvalue weighted by Crippen LogP contribution is 2.26. The summed E-state index contributed by atoms with van der Waals surface area (Å²) in [5.74, 6) is 1.85. The average molecular weight is 210 g/mol. The summed E-state index contributed by atoms with van der Waals surface area (Å²) in [6.45, 7) is 3.62. The van der Waals surface area contributed by atoms with E-state index in [0.717, 1.165) is 17.9 Å². The lowest BCUT2D eigenvalue weighted by atomic mass is 9.86. The lowest BCUT2D eigenvalue weighted by Crippen LogP contribution is -2.35. The molecule has 2 unspecified atom stereocenters. The number of hydrogen-bond acceptors (Lipinski definition) is 2. The van der Waals surface area contributed by atoms with Gasteiger partial charge in [-0.25, -0.2) is 0 Å². The van der Waals surface area contributed by atoms with Gasteiger partial charge in [0.1, 0.15) is 0 Å². The summed E-state index contributed by atoms with van der Waals surface area (Å²) in [5, 5.41) is 3.76. The lowest BCUT2D eigenvalue weighted by molar-refractivity contribution is 0.302. The normalized spacial score (nSPS) is 42.0. The van der Waals surface area contributed by atoms with Crippen LogP contribution in [0.2, 0.25) is 0 Å². The first kappa shape index (κ1) is 11.4. The molecule has 0 aromatic rings. The molecular formula is C13H26N2. The molecule has 0 aromatic heterocycles. The van der Waals surface area contributed by atoms with Gasteiger partial charge in [0.2, 0.25) is 0 Å². The molecule has 2 saturated carbocycles. The summed E-state index contributed by atoms with van der Waals surface area (Å²) in [6, 6.07) is 1.31. The molecule has 0 radical (unpaired) electrons. The molecule has 0 aliphatic heterocycles. The molecule has 0 amide bonds. The zero-order valence-corrected chi connectivity index (χ0v) is 10.0. The Hall–Kier alpha value is -0.0800. The van der Waals surface area contributed by atoms with Crippen LogP contribution in [0, 0.1) is 11.8 Å². The van der Waals surface area contributed by atoms with Crippen molar-refractivity contribution < 1.29 is 0 Å². The molecule has 0 bridgehead atoms. The Labute approximate surface area is 94.0 Å². The van der Waals surface area contributed by atoms with E-state index in [-0.39, 0.29) is 0 Å². The van der Waals surface area contributed by atoms with Crippen molar-refractivity contribution in [2.45, 2.75) is 64.0 Å². The maximum atomic E-state index is 5.91. The number of nitrogens with one attached hydrogen (secondary N) is 1. The largest absolute Gasteiger partial charge is 0.328 e. The van der Waals surface area contributed by atoms with Crippen molar-refractivity contribution in [3.63, 3.8) is 0 Å². The van der Waals surface area contributed by atoms with Gasteiger partial charge >= 0.3 is 0 Å². The fraction of sp³-hybridized carbons (Fsp3) is 1.00. The molecule has 2 aliphatic rings. The van der Waals surface area contributed by atoms with E-state index in [1.54, 1.807) is 0 Å². The molecule has 2 nitrogen and oxygen atoms in total. The van der Waals surface area contributed by atoms with Crippen LogP contribution in [0.4, 0.5) is 0 Å². The van der Waals surface area contributed by atoms with Gasteiger partial charge in [-0.05, 0) is 63.3 Å². The van der Waals surface area contributed by atoms with Gasteiger partial charge in [0, 0.05) is 12.1 Å². The Bertz CT molecular complexity index is 185. The van der Waals surface area contributed by atoms with Crippen molar-refractivity contribution in [3.05, 3.63) is 0 Å². The van der Waals surface area contributed by atoms with Crippen LogP contribution in [0.3, 0.4) is 0 Å². The predicted molar refractivity (Wildman–Crippen MR) is 64.7 cm³/mol. The van der Waals surface area contributed by atoms with Crippen LogP contribution < -0.4 is 11.1 Å². The van der Waals surface area contributed by atoms with Crippen LogP contribution >= 0.6 is 0 Å². The van der Waals surface area contributed by atoms with E-state index in [1.165, 1.54) is 51.5 Å². The van der Waals surface area contributed by atoms with Gasteiger partial charge in [0.15, 0.2) is 0 Å². The molecule has 2 aliphatic carbocycles. The van der Waals surface area contributed by atoms with Crippen LogP contribution in [0.1, 0.15) is 51.9 Å². The SMILES string of the molecule is CC1CCC(NCC2CCC(N)CC2)C1. The molecule has 88 valence electrons. The van der Waals surface area contributed by atoms with E-state index in [4.69, 9.17) is 5.73 Å². The van der Waals surface area contributed by atoms with Gasteiger partial charge in [-0.15, -0.1) is 0 Å². The zero-order valence-electron chi connectivity index (χ0n) is 10.0. The minimum Gasteiger partial charge on any atom is -0.328 e. The fourth-order valence-electron chi connectivity index (χ4n) is 3.12. The van der Waals surface area contributed by atoms with Crippen LogP contribution in [0.5, 0.6) is 0 Å². The van der Waals surface area contributed by atoms with E-state index in [0.29, 0.717) is 6.04 Å². The van der Waals surface area contributed by atoms with E-state index in [9.17, 15) is 0 Å². The number of rotatable bonds is 3. The summed E-state index contributed by atoms with van der Waals surface area (Å²) in [7, 11) is 0. The first-order valence-corrected chi connectivity index (χ1v) is 6.73. The summed E-state index contributed by atoms with van der Waals surface area (Å²) in [6.07, 6.45) is 9.39. The quantitative estimate of drug-likeness (QED) is 0.750. The van der Waals surface area contributed by atoms with E-state index >= 15 is 0 Å². The molecule has 0 spiro atoms. The summed E-state index contributed by atoms with van der Waals surface area (Å²) >= 11 is 0. The van der Waals surface area contributed by atoms with Crippen molar-refractivity contribution in [2.24, 2.45) is 17.6 Å². The third-order valence-corrected chi connectivity index (χ3v) is 4.28. The van der Waals surface area contributed by atoms with Gasteiger partial charge in [-0.2, -0.15) is 0 Å². The minimum atomic E-state index is 0.493. The second-order valence-electron chi connectivity index (χ2n) is 5.80. The Morgan fingerprint density at radius 3 is 2.40 bits per heavy atom. The number of hydrogen-bond donors (Lipinski definition) is 2. The highest BCUT2D eigenvalue weighted by atomic mass is 14.9. The molecule has 3 N–H and O–H groups in total. The molecule has 0 saturated heterocycles. The van der Waals surface area contributed by atoms with Crippen molar-refractivity contribution in [1.82, 2.24) is 5.32 Å². The molecule has 2 atom stereocenters. The van der Waals surface area contributed by atoms with Crippen molar-refractivity contribution in [1.29, 1.82) is 0 Å². The molecule has 2 rings (SSSR count). The Kier molecular flexibility index (Phi) is 4.04. The van der Waals surface area contributed by atoms with Gasteiger partial charge < -0.3 is 11.1 Å². The van der Waals surface area contributed by atoms with Crippen molar-refractivity contribution >= 4 is 0 Å². The third kappa shape index (κ3) is 3.46. The molecule has 0 aromatic carbocycles. The van der Waals surface area contributed by atoms with Crippen LogP contribution in [0.15, 0.2) is 0 Å². The van der Waals surface area contributed by atoms with Gasteiger partial charge in [-0.3, -0.25) is 0 Å². The molecule has 15 heavy (non-hydrogen) atoms. The maximum Gasteiger partial charge on any atom is 0.00698 e. The minimum absolute atomic E-state index is 0.493. The fourth-order valence-corrected chi connectivity index (χ4v) is 3.12. The van der Waals surface area contributed by atoms with Gasteiger partial charge in [0.05, 0.1) is 0 Å². The Morgan fingerprint density at radius 1 is 1.07 bits per heavy atom. The summed E-state index contributed by atoms with van der Waals surface area (Å²) in [5.41, 5.74) is 5.91. The van der Waals surface area contributed by atoms with Crippen LogP contribution in [-0.4, -0.2) is 18.6 Å². The number of nitrogens with two attached hydrogens (primary N) is 1. The molecule has 2 fully saturated rings. The smallest absolute Gasteiger partial charge is 0.00698 e. The first-order valence-electron chi connectivity index (χ1n) is 6.73. The lowest BCUT2D eigenvalue weighted by Gasteiger charge is -2.27. The van der Waals surface area contributed by atoms with Crippen LogP contribution in [0.25, 0.3) is 0 Å². The zero-order chi connectivity index (χ0) is 10.7. The van der Waals surface area contributed by atoms with E-state index in [2.05, 4.69) is 12.2 Å². The van der Waals surface area contributed by atoms with Crippen molar-refractivity contribution in [3.8, 4) is 0 Å². The van der Waals surface area contributed by atoms with Gasteiger partial charge in [0.25, 0.3) is 0 Å². The van der Waals surface area contributed by atoms with E-state index in [1.807, 2.05) is 0 Å². The molecular weight excluding hydrogens is 184 g/mol. The highest BCUT2D eigenvalue weighted by molar-refractivity contribution is 4.81. The van der Waals surface area contributed by atoms with Crippen molar-refractivity contribution in [2.75, 3.05) is 6.54 Å². The first-order chi connectivity index (χ1) is 7.24. The topological polar surface area (TPSA) is 38.0 Å². The average Bonchev–Trinajstić information content (AvgIpc) is 2.64. The molecule has 2 heteroatoms. The highest BCUT2D eigenvalue weighted by Gasteiger charge is 2.23. The predicted octanol–water partition coefficient (Wildman–Crippen LogP) is 2.28. The second-order valence-corrected chi connectivity index (χ2v) is 5.80. The Balaban J connectivity index is 1.61. The maximum absolute atomic E-state index is 5.91. The third-order valence-electron chi connectivity index (χ3n) is 4.28. The Morgan fingerprint density at radius 2 is 1.80 bits per heavy atom. The summed E-state index contributed by atoms with van der Waals surface area (Å²) < 4.78 is 0. The van der Waals surface area contributed by atoms with Gasteiger partial charge in [-0.1, -0.05) is 6.92 Å². The summed E-state index contributed by atoms with van der Waals surface area (Å²) in [4.78, 5) is 0. The monoisotopic (exact) mass is 210 g/mol. The standard InChI is InChI=1S/C13H26N2/c1-10-2-7-13(8-10)15-9-11-3-5-12(14)6-4-11/h10-13,15H,2-9,14H2,1H3. The second kappa shape index (κ2) is 5.31. The van der Waals surface area contributed by atoms with E-state index < -0.39 is 0 Å². The molecule has 0 heterocycles.